The Kier molecular flexibility index (Phi) is 4.24. The molecule has 0 atom stereocenters. The van der Waals surface area contributed by atoms with Crippen molar-refractivity contribution in [3.8, 4) is 29.0 Å². The van der Waals surface area contributed by atoms with Crippen molar-refractivity contribution in [3.63, 3.8) is 0 Å². The van der Waals surface area contributed by atoms with Crippen LogP contribution >= 0.6 is 0 Å². The number of rotatable bonds is 2. The minimum absolute atomic E-state index is 0.597. The van der Waals surface area contributed by atoms with Gasteiger partial charge < -0.3 is 8.98 Å². The molecular formula is C32H17N3O. The summed E-state index contributed by atoms with van der Waals surface area (Å²) < 4.78 is 8.28. The number of aromatic nitrogens is 1. The van der Waals surface area contributed by atoms with Crippen LogP contribution in [0.15, 0.2) is 108 Å². The Bertz CT molecular complexity index is 2030. The van der Waals surface area contributed by atoms with Crippen LogP contribution in [0.3, 0.4) is 0 Å². The zero-order valence-corrected chi connectivity index (χ0v) is 19.1. The molecule has 5 aromatic carbocycles. The molecule has 0 aliphatic heterocycles. The minimum Gasteiger partial charge on any atom is -0.456 e. The molecule has 0 aliphatic rings. The van der Waals surface area contributed by atoms with Crippen LogP contribution in [0.5, 0.6) is 0 Å². The molecule has 0 radical (unpaired) electrons. The van der Waals surface area contributed by atoms with Crippen molar-refractivity contribution in [3.05, 3.63) is 114 Å². The highest BCUT2D eigenvalue weighted by atomic mass is 16.3. The fourth-order valence-electron chi connectivity index (χ4n) is 5.23. The first kappa shape index (κ1) is 20.1. The standard InChI is InChI=1S/C32H17N3O/c33-18-20-10-13-31-26(15-20)27-17-22(11-14-32(27)36-31)23-12-9-21(19-34)16-30(23)35-28-7-3-1-5-24(28)25-6-2-4-8-29(25)35/h1-17H. The van der Waals surface area contributed by atoms with Crippen molar-refractivity contribution < 1.29 is 4.42 Å². The van der Waals surface area contributed by atoms with Gasteiger partial charge in [0.1, 0.15) is 11.2 Å². The molecule has 7 aromatic rings. The van der Waals surface area contributed by atoms with E-state index in [0.29, 0.717) is 11.1 Å². The maximum atomic E-state index is 9.73. The molecule has 4 nitrogen and oxygen atoms in total. The minimum atomic E-state index is 0.597. The highest BCUT2D eigenvalue weighted by Gasteiger charge is 2.17. The number of nitriles is 2. The van der Waals surface area contributed by atoms with Crippen LogP contribution < -0.4 is 0 Å². The van der Waals surface area contributed by atoms with E-state index in [1.807, 2.05) is 48.5 Å². The Hall–Kier alpha value is -5.32. The van der Waals surface area contributed by atoms with Crippen LogP contribution in [0.2, 0.25) is 0 Å². The molecule has 0 aliphatic carbocycles. The molecule has 0 amide bonds. The van der Waals surface area contributed by atoms with E-state index in [-0.39, 0.29) is 0 Å². The molecule has 36 heavy (non-hydrogen) atoms. The lowest BCUT2D eigenvalue weighted by molar-refractivity contribution is 0.669. The highest BCUT2D eigenvalue weighted by Crippen LogP contribution is 2.38. The molecular weight excluding hydrogens is 442 g/mol. The summed E-state index contributed by atoms with van der Waals surface area (Å²) in [6.07, 6.45) is 0. The molecule has 0 unspecified atom stereocenters. The van der Waals surface area contributed by atoms with Crippen molar-refractivity contribution in [1.29, 1.82) is 10.5 Å². The van der Waals surface area contributed by atoms with Crippen LogP contribution in [0.25, 0.3) is 60.6 Å². The zero-order valence-electron chi connectivity index (χ0n) is 19.1. The SMILES string of the molecule is N#Cc1ccc(-c2ccc3oc4ccc(C#N)cc4c3c2)c(-n2c3ccccc3c3ccccc32)c1. The maximum absolute atomic E-state index is 9.73. The van der Waals surface area contributed by atoms with Gasteiger partial charge in [-0.1, -0.05) is 48.5 Å². The number of furan rings is 1. The first-order valence-electron chi connectivity index (χ1n) is 11.6. The number of nitrogens with zero attached hydrogens (tertiary/aromatic N) is 3. The Morgan fingerprint density at radius 3 is 1.83 bits per heavy atom. The number of benzene rings is 5. The molecule has 0 saturated heterocycles. The largest absolute Gasteiger partial charge is 0.456 e. The van der Waals surface area contributed by atoms with Crippen LogP contribution in [-0.4, -0.2) is 4.57 Å². The quantitative estimate of drug-likeness (QED) is 0.262. The maximum Gasteiger partial charge on any atom is 0.135 e. The summed E-state index contributed by atoms with van der Waals surface area (Å²) in [5.41, 5.74) is 7.86. The fourth-order valence-corrected chi connectivity index (χ4v) is 5.23. The van der Waals surface area contributed by atoms with E-state index >= 15 is 0 Å². The van der Waals surface area contributed by atoms with Crippen LogP contribution in [0.4, 0.5) is 0 Å². The van der Waals surface area contributed by atoms with Gasteiger partial charge in [-0.15, -0.1) is 0 Å². The molecule has 0 fully saturated rings. The van der Waals surface area contributed by atoms with Gasteiger partial charge in [0.2, 0.25) is 0 Å². The summed E-state index contributed by atoms with van der Waals surface area (Å²) >= 11 is 0. The van der Waals surface area contributed by atoms with Crippen LogP contribution in [0.1, 0.15) is 11.1 Å². The third kappa shape index (κ3) is 2.86. The van der Waals surface area contributed by atoms with Crippen molar-refractivity contribution in [2.45, 2.75) is 0 Å². The average Bonchev–Trinajstić information content (AvgIpc) is 3.47. The molecule has 7 rings (SSSR count). The highest BCUT2D eigenvalue weighted by molar-refractivity contribution is 6.10. The third-order valence-electron chi connectivity index (χ3n) is 6.86. The predicted octanol–water partition coefficient (Wildman–Crippen LogP) is 8.09. The van der Waals surface area contributed by atoms with Crippen molar-refractivity contribution >= 4 is 43.7 Å². The van der Waals surface area contributed by atoms with E-state index in [2.05, 4.69) is 65.2 Å². The monoisotopic (exact) mass is 459 g/mol. The number of hydrogen-bond acceptors (Lipinski definition) is 3. The first-order chi connectivity index (χ1) is 17.7. The number of para-hydroxylation sites is 2. The van der Waals surface area contributed by atoms with E-state index < -0.39 is 0 Å². The van der Waals surface area contributed by atoms with Gasteiger partial charge in [-0.05, 0) is 60.2 Å². The molecule has 166 valence electrons. The van der Waals surface area contributed by atoms with Gasteiger partial charge in [0.05, 0.1) is 40.0 Å². The van der Waals surface area contributed by atoms with Gasteiger partial charge in [-0.25, -0.2) is 0 Å². The van der Waals surface area contributed by atoms with E-state index in [9.17, 15) is 10.5 Å². The fraction of sp³-hybridized carbons (Fsp3) is 0. The van der Waals surface area contributed by atoms with E-state index in [0.717, 1.165) is 49.8 Å². The number of fused-ring (bicyclic) bond motifs is 6. The lowest BCUT2D eigenvalue weighted by Crippen LogP contribution is -1.98. The Labute approximate surface area is 206 Å². The van der Waals surface area contributed by atoms with Crippen molar-refractivity contribution in [2.75, 3.05) is 0 Å². The molecule has 0 N–H and O–H groups in total. The van der Waals surface area contributed by atoms with Gasteiger partial charge in [0, 0.05) is 27.1 Å². The second-order valence-electron chi connectivity index (χ2n) is 8.85. The zero-order chi connectivity index (χ0) is 24.2. The van der Waals surface area contributed by atoms with E-state index in [1.54, 1.807) is 6.07 Å². The summed E-state index contributed by atoms with van der Waals surface area (Å²) in [4.78, 5) is 0. The summed E-state index contributed by atoms with van der Waals surface area (Å²) in [5, 5.41) is 23.3. The molecule has 0 saturated carbocycles. The normalized spacial score (nSPS) is 11.3. The topological polar surface area (TPSA) is 65.7 Å². The molecule has 2 aromatic heterocycles. The molecule has 2 heterocycles. The molecule has 4 heteroatoms. The van der Waals surface area contributed by atoms with Gasteiger partial charge >= 0.3 is 0 Å². The number of hydrogen-bond donors (Lipinski definition) is 0. The van der Waals surface area contributed by atoms with Crippen molar-refractivity contribution in [1.82, 2.24) is 4.57 Å². The lowest BCUT2D eigenvalue weighted by atomic mass is 9.99. The third-order valence-corrected chi connectivity index (χ3v) is 6.86. The van der Waals surface area contributed by atoms with Crippen LogP contribution in [-0.2, 0) is 0 Å². The van der Waals surface area contributed by atoms with Gasteiger partial charge in [0.15, 0.2) is 0 Å². The summed E-state index contributed by atoms with van der Waals surface area (Å²) in [6, 6.07) is 38.7. The Balaban J connectivity index is 1.56. The smallest absolute Gasteiger partial charge is 0.135 e. The van der Waals surface area contributed by atoms with Gasteiger partial charge in [-0.3, -0.25) is 0 Å². The average molecular weight is 460 g/mol. The van der Waals surface area contributed by atoms with Gasteiger partial charge in [0.25, 0.3) is 0 Å². The van der Waals surface area contributed by atoms with Crippen molar-refractivity contribution in [2.24, 2.45) is 0 Å². The Morgan fingerprint density at radius 1 is 0.556 bits per heavy atom. The summed E-state index contributed by atoms with van der Waals surface area (Å²) in [7, 11) is 0. The Morgan fingerprint density at radius 2 is 1.14 bits per heavy atom. The second kappa shape index (κ2) is 7.60. The molecule has 0 spiro atoms. The first-order valence-corrected chi connectivity index (χ1v) is 11.6. The van der Waals surface area contributed by atoms with Gasteiger partial charge in [-0.2, -0.15) is 10.5 Å². The summed E-state index contributed by atoms with van der Waals surface area (Å²) in [6.45, 7) is 0. The lowest BCUT2D eigenvalue weighted by Gasteiger charge is -2.15. The predicted molar refractivity (Wildman–Crippen MR) is 143 cm³/mol. The second-order valence-corrected chi connectivity index (χ2v) is 8.85. The van der Waals surface area contributed by atoms with Crippen LogP contribution in [0, 0.1) is 22.7 Å². The van der Waals surface area contributed by atoms with E-state index in [1.165, 1.54) is 10.8 Å². The molecule has 0 bridgehead atoms. The summed E-state index contributed by atoms with van der Waals surface area (Å²) in [5.74, 6) is 0. The van der Waals surface area contributed by atoms with E-state index in [4.69, 9.17) is 4.42 Å².